The van der Waals surface area contributed by atoms with Gasteiger partial charge in [0.25, 0.3) is 0 Å². The largest absolute Gasteiger partial charge is 0.392 e. The SMILES string of the molecule is Cc1cccc(C[C@@H](O)/C=C/[C@@H]2[C@H]3CC(CCCCCNC(C)C)=C[C@H]3C[C@H]2O)c1. The number of hydrogen-bond donors (Lipinski definition) is 3. The number of fused-ring (bicyclic) bond motifs is 1. The molecule has 0 bridgehead atoms. The van der Waals surface area contributed by atoms with Crippen LogP contribution in [0.5, 0.6) is 0 Å². The lowest BCUT2D eigenvalue weighted by molar-refractivity contribution is 0.140. The highest BCUT2D eigenvalue weighted by Gasteiger charge is 2.43. The first-order valence-electron chi connectivity index (χ1n) is 12.0. The maximum absolute atomic E-state index is 10.6. The second-order valence-corrected chi connectivity index (χ2v) is 9.80. The van der Waals surface area contributed by atoms with E-state index in [1.54, 1.807) is 5.57 Å². The predicted octanol–water partition coefficient (Wildman–Crippen LogP) is 4.96. The van der Waals surface area contributed by atoms with E-state index in [4.69, 9.17) is 0 Å². The van der Waals surface area contributed by atoms with Gasteiger partial charge in [0.1, 0.15) is 0 Å². The van der Waals surface area contributed by atoms with Gasteiger partial charge in [-0.1, -0.05) is 73.9 Å². The van der Waals surface area contributed by atoms with Gasteiger partial charge >= 0.3 is 0 Å². The van der Waals surface area contributed by atoms with Crippen molar-refractivity contribution in [3.63, 3.8) is 0 Å². The molecule has 0 unspecified atom stereocenters. The average molecular weight is 412 g/mol. The third kappa shape index (κ3) is 6.80. The second kappa shape index (κ2) is 11.3. The highest BCUT2D eigenvalue weighted by atomic mass is 16.3. The quantitative estimate of drug-likeness (QED) is 0.356. The van der Waals surface area contributed by atoms with Crippen LogP contribution in [-0.4, -0.2) is 35.0 Å². The molecule has 30 heavy (non-hydrogen) atoms. The van der Waals surface area contributed by atoms with Crippen LogP contribution in [0.3, 0.4) is 0 Å². The number of allylic oxidation sites excluding steroid dienone is 2. The molecule has 1 fully saturated rings. The Bertz CT molecular complexity index is 723. The van der Waals surface area contributed by atoms with Crippen molar-refractivity contribution >= 4 is 0 Å². The van der Waals surface area contributed by atoms with Gasteiger partial charge in [0.2, 0.25) is 0 Å². The molecule has 1 aromatic rings. The zero-order valence-corrected chi connectivity index (χ0v) is 19.1. The lowest BCUT2D eigenvalue weighted by atomic mass is 9.88. The summed E-state index contributed by atoms with van der Waals surface area (Å²) >= 11 is 0. The highest BCUT2D eigenvalue weighted by molar-refractivity contribution is 5.24. The van der Waals surface area contributed by atoms with Crippen LogP contribution >= 0.6 is 0 Å². The number of benzene rings is 1. The number of unbranched alkanes of at least 4 members (excludes halogenated alkanes) is 2. The van der Waals surface area contributed by atoms with Crippen molar-refractivity contribution in [1.29, 1.82) is 0 Å². The molecule has 0 radical (unpaired) electrons. The summed E-state index contributed by atoms with van der Waals surface area (Å²) in [6.07, 6.45) is 13.3. The summed E-state index contributed by atoms with van der Waals surface area (Å²) < 4.78 is 0. The van der Waals surface area contributed by atoms with Gasteiger partial charge in [-0.15, -0.1) is 0 Å². The normalized spacial score (nSPS) is 27.1. The first-order chi connectivity index (χ1) is 14.4. The molecule has 2 aliphatic rings. The molecule has 2 aliphatic carbocycles. The van der Waals surface area contributed by atoms with E-state index in [2.05, 4.69) is 56.4 Å². The third-order valence-electron chi connectivity index (χ3n) is 6.76. The Hall–Kier alpha value is -1.42. The Morgan fingerprint density at radius 2 is 2.03 bits per heavy atom. The molecule has 0 heterocycles. The predicted molar refractivity (Wildman–Crippen MR) is 125 cm³/mol. The van der Waals surface area contributed by atoms with E-state index in [0.29, 0.717) is 24.3 Å². The topological polar surface area (TPSA) is 52.5 Å². The Morgan fingerprint density at radius 1 is 1.20 bits per heavy atom. The number of nitrogens with one attached hydrogen (secondary N) is 1. The summed E-state index contributed by atoms with van der Waals surface area (Å²) in [7, 11) is 0. The van der Waals surface area contributed by atoms with Gasteiger partial charge in [0.05, 0.1) is 12.2 Å². The molecule has 0 aliphatic heterocycles. The van der Waals surface area contributed by atoms with Crippen molar-refractivity contribution in [3.8, 4) is 0 Å². The first kappa shape index (κ1) is 23.2. The van der Waals surface area contributed by atoms with Gasteiger partial charge in [-0.25, -0.2) is 0 Å². The molecule has 166 valence electrons. The molecule has 1 aromatic carbocycles. The Labute approximate surface area is 183 Å². The maximum Gasteiger partial charge on any atom is 0.0761 e. The van der Waals surface area contributed by atoms with Crippen LogP contribution in [0.1, 0.15) is 63.5 Å². The molecule has 3 N–H and O–H groups in total. The van der Waals surface area contributed by atoms with Gasteiger partial charge in [0, 0.05) is 18.4 Å². The van der Waals surface area contributed by atoms with E-state index in [1.165, 1.54) is 31.2 Å². The van der Waals surface area contributed by atoms with Crippen LogP contribution < -0.4 is 5.32 Å². The summed E-state index contributed by atoms with van der Waals surface area (Å²) in [4.78, 5) is 0. The summed E-state index contributed by atoms with van der Waals surface area (Å²) in [5.41, 5.74) is 3.97. The summed E-state index contributed by atoms with van der Waals surface area (Å²) in [6.45, 7) is 7.59. The molecule has 5 atom stereocenters. The van der Waals surface area contributed by atoms with Crippen molar-refractivity contribution in [2.24, 2.45) is 17.8 Å². The number of rotatable bonds is 11. The van der Waals surface area contributed by atoms with E-state index in [9.17, 15) is 10.2 Å². The molecule has 1 saturated carbocycles. The second-order valence-electron chi connectivity index (χ2n) is 9.80. The van der Waals surface area contributed by atoms with Crippen LogP contribution in [0.15, 0.2) is 48.1 Å². The fraction of sp³-hybridized carbons (Fsp3) is 0.630. The van der Waals surface area contributed by atoms with Gasteiger partial charge in [-0.2, -0.15) is 0 Å². The molecule has 0 amide bonds. The van der Waals surface area contributed by atoms with Crippen LogP contribution in [0.2, 0.25) is 0 Å². The molecule has 3 heteroatoms. The molecule has 0 saturated heterocycles. The van der Waals surface area contributed by atoms with Crippen molar-refractivity contribution in [1.82, 2.24) is 5.32 Å². The fourth-order valence-electron chi connectivity index (χ4n) is 5.24. The van der Waals surface area contributed by atoms with E-state index in [0.717, 1.165) is 24.9 Å². The molecule has 0 aromatic heterocycles. The fourth-order valence-corrected chi connectivity index (χ4v) is 5.24. The summed E-state index contributed by atoms with van der Waals surface area (Å²) in [5.74, 6) is 1.20. The van der Waals surface area contributed by atoms with Crippen molar-refractivity contribution in [2.45, 2.75) is 84.0 Å². The lowest BCUT2D eigenvalue weighted by Gasteiger charge is -2.19. The number of aliphatic hydroxyl groups is 2. The van der Waals surface area contributed by atoms with Crippen LogP contribution in [0.4, 0.5) is 0 Å². The average Bonchev–Trinajstić information content (AvgIpc) is 3.19. The van der Waals surface area contributed by atoms with Crippen LogP contribution in [0.25, 0.3) is 0 Å². The zero-order chi connectivity index (χ0) is 21.5. The maximum atomic E-state index is 10.6. The van der Waals surface area contributed by atoms with Crippen molar-refractivity contribution in [3.05, 3.63) is 59.2 Å². The zero-order valence-electron chi connectivity index (χ0n) is 19.1. The number of hydrogen-bond acceptors (Lipinski definition) is 3. The minimum Gasteiger partial charge on any atom is -0.392 e. The standard InChI is InChI=1S/C27H41NO2/c1-19(2)28-13-6-4-5-9-22-15-23-18-27(30)25(26(23)17-22)12-11-24(29)16-21-10-7-8-20(3)14-21/h7-8,10-12,14-15,19,23-30H,4-6,9,13,16-18H2,1-3H3/b12-11+/t23-,24-,25+,26-,27+/m0/s1. The minimum absolute atomic E-state index is 0.172. The molecular formula is C27H41NO2. The van der Waals surface area contributed by atoms with E-state index in [-0.39, 0.29) is 12.0 Å². The third-order valence-corrected chi connectivity index (χ3v) is 6.76. The van der Waals surface area contributed by atoms with Gasteiger partial charge in [0.15, 0.2) is 0 Å². The van der Waals surface area contributed by atoms with E-state index in [1.807, 2.05) is 12.1 Å². The molecular weight excluding hydrogens is 370 g/mol. The summed E-state index contributed by atoms with van der Waals surface area (Å²) in [6, 6.07) is 8.89. The van der Waals surface area contributed by atoms with Gasteiger partial charge < -0.3 is 15.5 Å². The van der Waals surface area contributed by atoms with Crippen molar-refractivity contribution in [2.75, 3.05) is 6.54 Å². The smallest absolute Gasteiger partial charge is 0.0761 e. The lowest BCUT2D eigenvalue weighted by Crippen LogP contribution is -2.23. The Kier molecular flexibility index (Phi) is 8.73. The number of aryl methyl sites for hydroxylation is 1. The first-order valence-corrected chi connectivity index (χ1v) is 12.0. The Balaban J connectivity index is 1.44. The van der Waals surface area contributed by atoms with Crippen LogP contribution in [-0.2, 0) is 6.42 Å². The van der Waals surface area contributed by atoms with E-state index >= 15 is 0 Å². The monoisotopic (exact) mass is 411 g/mol. The van der Waals surface area contributed by atoms with Crippen LogP contribution in [0, 0.1) is 24.7 Å². The van der Waals surface area contributed by atoms with Gasteiger partial charge in [-0.05, 0) is 63.0 Å². The van der Waals surface area contributed by atoms with E-state index < -0.39 is 6.10 Å². The molecule has 0 spiro atoms. The minimum atomic E-state index is -0.494. The molecule has 3 rings (SSSR count). The summed E-state index contributed by atoms with van der Waals surface area (Å²) in [5, 5.41) is 24.5. The van der Waals surface area contributed by atoms with Gasteiger partial charge in [-0.3, -0.25) is 0 Å². The number of aliphatic hydroxyl groups excluding tert-OH is 2. The highest BCUT2D eigenvalue weighted by Crippen LogP contribution is 2.48. The Morgan fingerprint density at radius 3 is 2.80 bits per heavy atom. The van der Waals surface area contributed by atoms with Crippen molar-refractivity contribution < 1.29 is 10.2 Å². The molecule has 3 nitrogen and oxygen atoms in total.